The molecule has 5 heteroatoms. The lowest BCUT2D eigenvalue weighted by Gasteiger charge is -2.26. The Balaban J connectivity index is 1.83. The molecule has 0 aliphatic carbocycles. The zero-order valence-corrected chi connectivity index (χ0v) is 12.0. The third kappa shape index (κ3) is 2.85. The van der Waals surface area contributed by atoms with Gasteiger partial charge in [0.2, 0.25) is 0 Å². The van der Waals surface area contributed by atoms with Crippen molar-refractivity contribution in [2.45, 2.75) is 25.0 Å². The van der Waals surface area contributed by atoms with E-state index in [1.54, 1.807) is 29.4 Å². The number of amides is 1. The van der Waals surface area contributed by atoms with Crippen LogP contribution < -0.4 is 0 Å². The molecule has 0 saturated carbocycles. The molecule has 0 spiro atoms. The second kappa shape index (κ2) is 6.23. The Labute approximate surface area is 128 Å². The van der Waals surface area contributed by atoms with Crippen molar-refractivity contribution < 1.29 is 14.3 Å². The topological polar surface area (TPSA) is 53.4 Å². The predicted octanol–water partition coefficient (Wildman–Crippen LogP) is 2.04. The zero-order valence-electron chi connectivity index (χ0n) is 12.0. The van der Waals surface area contributed by atoms with Gasteiger partial charge in [-0.25, -0.2) is 4.39 Å². The maximum atomic E-state index is 13.8. The molecule has 1 aliphatic heterocycles. The fourth-order valence-electron chi connectivity index (χ4n) is 2.89. The van der Waals surface area contributed by atoms with E-state index >= 15 is 0 Å². The number of rotatable bonds is 3. The van der Waals surface area contributed by atoms with E-state index in [1.807, 2.05) is 12.1 Å². The highest BCUT2D eigenvalue weighted by molar-refractivity contribution is 5.95. The van der Waals surface area contributed by atoms with Crippen LogP contribution in [0.25, 0.3) is 0 Å². The Bertz CT molecular complexity index is 663. The average molecular weight is 300 g/mol. The summed E-state index contributed by atoms with van der Waals surface area (Å²) in [5, 5.41) is 10.2. The van der Waals surface area contributed by atoms with Gasteiger partial charge in [-0.2, -0.15) is 0 Å². The summed E-state index contributed by atoms with van der Waals surface area (Å²) < 4.78 is 13.8. The highest BCUT2D eigenvalue weighted by Gasteiger charge is 2.36. The minimum absolute atomic E-state index is 0.0522. The maximum absolute atomic E-state index is 13.8. The van der Waals surface area contributed by atoms with Crippen molar-refractivity contribution in [2.75, 3.05) is 6.54 Å². The Hall–Kier alpha value is -2.27. The summed E-state index contributed by atoms with van der Waals surface area (Å²) >= 11 is 0. The Morgan fingerprint density at radius 3 is 2.73 bits per heavy atom. The summed E-state index contributed by atoms with van der Waals surface area (Å²) in [4.78, 5) is 18.1. The van der Waals surface area contributed by atoms with Gasteiger partial charge in [0, 0.05) is 18.9 Å². The van der Waals surface area contributed by atoms with Crippen molar-refractivity contribution in [3.8, 4) is 0 Å². The molecule has 1 aromatic carbocycles. The van der Waals surface area contributed by atoms with Gasteiger partial charge in [-0.15, -0.1) is 0 Å². The monoisotopic (exact) mass is 300 g/mol. The molecule has 1 saturated heterocycles. The normalized spacial score (nSPS) is 21.1. The molecule has 1 fully saturated rings. The molecule has 2 heterocycles. The summed E-state index contributed by atoms with van der Waals surface area (Å²) in [7, 11) is 0. The van der Waals surface area contributed by atoms with Crippen LogP contribution in [0.2, 0.25) is 0 Å². The van der Waals surface area contributed by atoms with E-state index in [9.17, 15) is 14.3 Å². The van der Waals surface area contributed by atoms with E-state index in [1.165, 1.54) is 12.1 Å². The Kier molecular flexibility index (Phi) is 4.15. The number of hydrogen-bond donors (Lipinski definition) is 1. The van der Waals surface area contributed by atoms with Gasteiger partial charge in [0.15, 0.2) is 0 Å². The fraction of sp³-hybridized carbons (Fsp3) is 0.294. The number of halogens is 1. The van der Waals surface area contributed by atoms with Gasteiger partial charge in [0.05, 0.1) is 17.7 Å². The van der Waals surface area contributed by atoms with Crippen LogP contribution in [0, 0.1) is 5.82 Å². The molecule has 4 nitrogen and oxygen atoms in total. The molecule has 1 aromatic heterocycles. The lowest BCUT2D eigenvalue weighted by atomic mass is 10.0. The molecule has 3 rings (SSSR count). The van der Waals surface area contributed by atoms with Gasteiger partial charge >= 0.3 is 0 Å². The second-order valence-corrected chi connectivity index (χ2v) is 5.46. The van der Waals surface area contributed by atoms with Gasteiger partial charge in [-0.1, -0.05) is 12.1 Å². The van der Waals surface area contributed by atoms with Gasteiger partial charge in [-0.3, -0.25) is 9.78 Å². The Morgan fingerprint density at radius 2 is 2.00 bits per heavy atom. The number of carbonyl (C=O) groups excluding carboxylic acids is 1. The standard InChI is InChI=1S/C17H17FN2O2/c18-14-4-2-1-3-13(14)17(22)20-10-7-16(21)15(20)11-12-5-8-19-9-6-12/h1-6,8-9,15-16,21H,7,10-11H2/t15-,16-/m0/s1. The Morgan fingerprint density at radius 1 is 1.27 bits per heavy atom. The summed E-state index contributed by atoms with van der Waals surface area (Å²) in [5.41, 5.74) is 1.05. The molecule has 0 unspecified atom stereocenters. The van der Waals surface area contributed by atoms with Crippen LogP contribution in [-0.2, 0) is 6.42 Å². The molecule has 1 aliphatic rings. The average Bonchev–Trinajstić information content (AvgIpc) is 2.89. The van der Waals surface area contributed by atoms with Crippen LogP contribution in [0.15, 0.2) is 48.8 Å². The van der Waals surface area contributed by atoms with Crippen LogP contribution in [0.1, 0.15) is 22.3 Å². The lowest BCUT2D eigenvalue weighted by molar-refractivity contribution is 0.0635. The molecule has 114 valence electrons. The van der Waals surface area contributed by atoms with Gasteiger partial charge in [0.25, 0.3) is 5.91 Å². The van der Waals surface area contributed by atoms with Crippen molar-refractivity contribution in [3.63, 3.8) is 0 Å². The first-order chi connectivity index (χ1) is 10.7. The molecule has 22 heavy (non-hydrogen) atoms. The smallest absolute Gasteiger partial charge is 0.257 e. The van der Waals surface area contributed by atoms with E-state index < -0.39 is 11.9 Å². The summed E-state index contributed by atoms with van der Waals surface area (Å²) in [5.74, 6) is -0.898. The molecule has 0 bridgehead atoms. The fourth-order valence-corrected chi connectivity index (χ4v) is 2.89. The number of carbonyl (C=O) groups is 1. The number of hydrogen-bond acceptors (Lipinski definition) is 3. The van der Waals surface area contributed by atoms with E-state index in [2.05, 4.69) is 4.98 Å². The number of nitrogens with zero attached hydrogens (tertiary/aromatic N) is 2. The third-order valence-electron chi connectivity index (χ3n) is 4.07. The van der Waals surface area contributed by atoms with E-state index in [-0.39, 0.29) is 17.5 Å². The SMILES string of the molecule is O=C(c1ccccc1F)N1CC[C@H](O)[C@@H]1Cc1ccncc1. The number of pyridine rings is 1. The third-order valence-corrected chi connectivity index (χ3v) is 4.07. The lowest BCUT2D eigenvalue weighted by Crippen LogP contribution is -2.41. The highest BCUT2D eigenvalue weighted by atomic mass is 19.1. The summed E-state index contributed by atoms with van der Waals surface area (Å²) in [6.45, 7) is 0.435. The largest absolute Gasteiger partial charge is 0.391 e. The van der Waals surface area contributed by atoms with Crippen molar-refractivity contribution >= 4 is 5.91 Å². The molecule has 1 N–H and O–H groups in total. The van der Waals surface area contributed by atoms with Crippen molar-refractivity contribution in [2.24, 2.45) is 0 Å². The zero-order chi connectivity index (χ0) is 15.5. The van der Waals surface area contributed by atoms with E-state index in [0.717, 1.165) is 5.56 Å². The van der Waals surface area contributed by atoms with Gasteiger partial charge in [-0.05, 0) is 42.7 Å². The molecular formula is C17H17FN2O2. The molecule has 2 atom stereocenters. The molecular weight excluding hydrogens is 283 g/mol. The van der Waals surface area contributed by atoms with Crippen LogP contribution in [0.3, 0.4) is 0 Å². The number of aliphatic hydroxyl groups excluding tert-OH is 1. The first-order valence-corrected chi connectivity index (χ1v) is 7.29. The van der Waals surface area contributed by atoms with Crippen LogP contribution in [0.5, 0.6) is 0 Å². The number of aliphatic hydroxyl groups is 1. The minimum Gasteiger partial charge on any atom is -0.391 e. The van der Waals surface area contributed by atoms with Crippen LogP contribution in [0.4, 0.5) is 4.39 Å². The van der Waals surface area contributed by atoms with Gasteiger partial charge < -0.3 is 10.0 Å². The highest BCUT2D eigenvalue weighted by Crippen LogP contribution is 2.24. The first-order valence-electron chi connectivity index (χ1n) is 7.29. The number of aromatic nitrogens is 1. The summed E-state index contributed by atoms with van der Waals surface area (Å²) in [6.07, 6.45) is 3.81. The van der Waals surface area contributed by atoms with Crippen molar-refractivity contribution in [1.82, 2.24) is 9.88 Å². The van der Waals surface area contributed by atoms with Crippen LogP contribution in [-0.4, -0.2) is 39.6 Å². The first kappa shape index (κ1) is 14.7. The summed E-state index contributed by atoms with van der Waals surface area (Å²) in [6, 6.07) is 9.33. The van der Waals surface area contributed by atoms with Crippen molar-refractivity contribution in [3.05, 3.63) is 65.7 Å². The maximum Gasteiger partial charge on any atom is 0.257 e. The molecule has 2 aromatic rings. The quantitative estimate of drug-likeness (QED) is 0.944. The predicted molar refractivity (Wildman–Crippen MR) is 79.8 cm³/mol. The molecule has 1 amide bonds. The molecule has 0 radical (unpaired) electrons. The van der Waals surface area contributed by atoms with Gasteiger partial charge in [0.1, 0.15) is 5.82 Å². The number of likely N-dealkylation sites (tertiary alicyclic amines) is 1. The minimum atomic E-state index is -0.594. The number of benzene rings is 1. The van der Waals surface area contributed by atoms with E-state index in [4.69, 9.17) is 0 Å². The second-order valence-electron chi connectivity index (χ2n) is 5.46. The van der Waals surface area contributed by atoms with Crippen molar-refractivity contribution in [1.29, 1.82) is 0 Å². The van der Waals surface area contributed by atoms with Crippen LogP contribution >= 0.6 is 0 Å². The van der Waals surface area contributed by atoms with E-state index in [0.29, 0.717) is 19.4 Å².